The highest BCUT2D eigenvalue weighted by atomic mass is 35.5. The molecular formula is C19H18ClN3O2. The maximum Gasteiger partial charge on any atom is 0.267 e. The second-order valence-corrected chi connectivity index (χ2v) is 6.16. The number of nitrogens with one attached hydrogen (secondary N) is 1. The molecule has 2 aromatic rings. The first-order valence-electron chi connectivity index (χ1n) is 8.11. The molecule has 0 atom stereocenters. The van der Waals surface area contributed by atoms with E-state index >= 15 is 0 Å². The zero-order valence-electron chi connectivity index (χ0n) is 13.6. The Morgan fingerprint density at radius 3 is 2.52 bits per heavy atom. The van der Waals surface area contributed by atoms with E-state index in [1.54, 1.807) is 24.3 Å². The molecule has 0 fully saturated rings. The van der Waals surface area contributed by atoms with Crippen LogP contribution in [0.5, 0.6) is 0 Å². The summed E-state index contributed by atoms with van der Waals surface area (Å²) in [4.78, 5) is 24.4. The topological polar surface area (TPSA) is 61.8 Å². The molecule has 0 aromatic heterocycles. The van der Waals surface area contributed by atoms with Gasteiger partial charge >= 0.3 is 0 Å². The maximum absolute atomic E-state index is 12.3. The molecular weight excluding hydrogens is 338 g/mol. The van der Waals surface area contributed by atoms with Crippen LogP contribution in [-0.4, -0.2) is 24.1 Å². The Hall–Kier alpha value is -2.66. The van der Waals surface area contributed by atoms with Crippen LogP contribution >= 0.6 is 11.6 Å². The summed E-state index contributed by atoms with van der Waals surface area (Å²) in [6.45, 7) is 0.525. The monoisotopic (exact) mass is 355 g/mol. The molecule has 0 radical (unpaired) electrons. The molecule has 1 aliphatic rings. The van der Waals surface area contributed by atoms with Gasteiger partial charge in [-0.05, 0) is 36.2 Å². The molecule has 2 aromatic carbocycles. The van der Waals surface area contributed by atoms with Crippen molar-refractivity contribution in [2.75, 3.05) is 11.6 Å². The van der Waals surface area contributed by atoms with Gasteiger partial charge in [-0.3, -0.25) is 9.59 Å². The SMILES string of the molecule is O=C(NCCc1ccccc1)C1=NN(c2ccc(Cl)cc2)C(=O)CC1. The average Bonchev–Trinajstić information content (AvgIpc) is 2.64. The second-order valence-electron chi connectivity index (χ2n) is 5.72. The Balaban J connectivity index is 1.64. The highest BCUT2D eigenvalue weighted by molar-refractivity contribution is 6.40. The predicted molar refractivity (Wildman–Crippen MR) is 98.8 cm³/mol. The fourth-order valence-corrected chi connectivity index (χ4v) is 2.69. The molecule has 0 aliphatic carbocycles. The van der Waals surface area contributed by atoms with Crippen molar-refractivity contribution >= 4 is 34.8 Å². The third-order valence-corrected chi connectivity index (χ3v) is 4.16. The lowest BCUT2D eigenvalue weighted by atomic mass is 10.1. The number of nitrogens with zero attached hydrogens (tertiary/aromatic N) is 2. The van der Waals surface area contributed by atoms with E-state index in [2.05, 4.69) is 10.4 Å². The van der Waals surface area contributed by atoms with E-state index in [1.807, 2.05) is 30.3 Å². The zero-order valence-corrected chi connectivity index (χ0v) is 14.4. The molecule has 0 saturated heterocycles. The molecule has 6 heteroatoms. The van der Waals surface area contributed by atoms with E-state index in [4.69, 9.17) is 11.6 Å². The molecule has 1 N–H and O–H groups in total. The summed E-state index contributed by atoms with van der Waals surface area (Å²) in [5, 5.41) is 8.95. The largest absolute Gasteiger partial charge is 0.351 e. The van der Waals surface area contributed by atoms with Crippen LogP contribution in [0.4, 0.5) is 5.69 Å². The molecule has 128 valence electrons. The van der Waals surface area contributed by atoms with Crippen molar-refractivity contribution < 1.29 is 9.59 Å². The van der Waals surface area contributed by atoms with E-state index in [-0.39, 0.29) is 18.2 Å². The summed E-state index contributed by atoms with van der Waals surface area (Å²) in [5.41, 5.74) is 2.12. The van der Waals surface area contributed by atoms with Crippen LogP contribution < -0.4 is 10.3 Å². The van der Waals surface area contributed by atoms with Crippen molar-refractivity contribution in [1.29, 1.82) is 0 Å². The first-order chi connectivity index (χ1) is 12.1. The minimum Gasteiger partial charge on any atom is -0.351 e. The molecule has 1 aliphatic heterocycles. The van der Waals surface area contributed by atoms with Gasteiger partial charge in [0.25, 0.3) is 5.91 Å². The minimum atomic E-state index is -0.234. The van der Waals surface area contributed by atoms with Crippen molar-refractivity contribution in [3.63, 3.8) is 0 Å². The van der Waals surface area contributed by atoms with Crippen LogP contribution in [0.15, 0.2) is 59.7 Å². The van der Waals surface area contributed by atoms with Gasteiger partial charge in [-0.1, -0.05) is 41.9 Å². The predicted octanol–water partition coefficient (Wildman–Crippen LogP) is 3.18. The standard InChI is InChI=1S/C19H18ClN3O2/c20-15-6-8-16(9-7-15)23-18(24)11-10-17(22-23)19(25)21-13-12-14-4-2-1-3-5-14/h1-9H,10-13H2,(H,21,25). The van der Waals surface area contributed by atoms with E-state index < -0.39 is 0 Å². The van der Waals surface area contributed by atoms with E-state index in [9.17, 15) is 9.59 Å². The van der Waals surface area contributed by atoms with Crippen molar-refractivity contribution in [1.82, 2.24) is 5.32 Å². The van der Waals surface area contributed by atoms with Gasteiger partial charge in [0.2, 0.25) is 5.91 Å². The number of anilines is 1. The van der Waals surface area contributed by atoms with E-state index in [0.29, 0.717) is 29.4 Å². The molecule has 0 saturated carbocycles. The van der Waals surface area contributed by atoms with Crippen LogP contribution in [0, 0.1) is 0 Å². The molecule has 2 amide bonds. The molecule has 25 heavy (non-hydrogen) atoms. The fourth-order valence-electron chi connectivity index (χ4n) is 2.57. The number of hydrogen-bond donors (Lipinski definition) is 1. The number of carbonyl (C=O) groups is 2. The van der Waals surface area contributed by atoms with E-state index in [0.717, 1.165) is 12.0 Å². The number of carbonyl (C=O) groups excluding carboxylic acids is 2. The fraction of sp³-hybridized carbons (Fsp3) is 0.211. The number of hydrogen-bond acceptors (Lipinski definition) is 3. The van der Waals surface area contributed by atoms with Gasteiger partial charge in [-0.15, -0.1) is 0 Å². The van der Waals surface area contributed by atoms with Gasteiger partial charge in [0.15, 0.2) is 0 Å². The smallest absolute Gasteiger partial charge is 0.267 e. The number of amides is 2. The second kappa shape index (κ2) is 7.94. The molecule has 0 spiro atoms. The Labute approximate surface area is 151 Å². The Morgan fingerprint density at radius 1 is 1.08 bits per heavy atom. The summed E-state index contributed by atoms with van der Waals surface area (Å²) < 4.78 is 0. The van der Waals surface area contributed by atoms with Crippen molar-refractivity contribution in [3.05, 3.63) is 65.2 Å². The molecule has 1 heterocycles. The molecule has 3 rings (SSSR count). The van der Waals surface area contributed by atoms with Crippen molar-refractivity contribution in [2.45, 2.75) is 19.3 Å². The Kier molecular flexibility index (Phi) is 5.46. The van der Waals surface area contributed by atoms with Gasteiger partial charge in [0, 0.05) is 24.4 Å². The summed E-state index contributed by atoms with van der Waals surface area (Å²) >= 11 is 5.87. The van der Waals surface area contributed by atoms with Crippen LogP contribution in [-0.2, 0) is 16.0 Å². The third-order valence-electron chi connectivity index (χ3n) is 3.91. The Bertz CT molecular complexity index is 788. The summed E-state index contributed by atoms with van der Waals surface area (Å²) in [7, 11) is 0. The molecule has 0 bridgehead atoms. The highest BCUT2D eigenvalue weighted by Crippen LogP contribution is 2.22. The maximum atomic E-state index is 12.3. The van der Waals surface area contributed by atoms with Crippen molar-refractivity contribution in [2.24, 2.45) is 5.10 Å². The van der Waals surface area contributed by atoms with Crippen LogP contribution in [0.3, 0.4) is 0 Å². The van der Waals surface area contributed by atoms with Gasteiger partial charge < -0.3 is 5.32 Å². The van der Waals surface area contributed by atoms with Gasteiger partial charge in [0.05, 0.1) is 5.69 Å². The summed E-state index contributed by atoms with van der Waals surface area (Å²) in [5.74, 6) is -0.370. The van der Waals surface area contributed by atoms with Crippen molar-refractivity contribution in [3.8, 4) is 0 Å². The summed E-state index contributed by atoms with van der Waals surface area (Å²) in [6.07, 6.45) is 1.35. The normalized spacial score (nSPS) is 14.2. The number of halogens is 1. The van der Waals surface area contributed by atoms with Gasteiger partial charge in [-0.25, -0.2) is 5.01 Å². The first kappa shape index (κ1) is 17.2. The lowest BCUT2D eigenvalue weighted by Crippen LogP contribution is -2.39. The van der Waals surface area contributed by atoms with Gasteiger partial charge in [0.1, 0.15) is 5.71 Å². The summed E-state index contributed by atoms with van der Waals surface area (Å²) in [6, 6.07) is 16.7. The third kappa shape index (κ3) is 4.45. The van der Waals surface area contributed by atoms with Gasteiger partial charge in [-0.2, -0.15) is 5.10 Å². The van der Waals surface area contributed by atoms with E-state index in [1.165, 1.54) is 5.01 Å². The lowest BCUT2D eigenvalue weighted by Gasteiger charge is -2.23. The lowest BCUT2D eigenvalue weighted by molar-refractivity contribution is -0.118. The van der Waals surface area contributed by atoms with Crippen LogP contribution in [0.1, 0.15) is 18.4 Å². The average molecular weight is 356 g/mol. The quantitative estimate of drug-likeness (QED) is 0.895. The zero-order chi connectivity index (χ0) is 17.6. The Morgan fingerprint density at radius 2 is 1.80 bits per heavy atom. The van der Waals surface area contributed by atoms with Crippen LogP contribution in [0.25, 0.3) is 0 Å². The number of rotatable bonds is 5. The minimum absolute atomic E-state index is 0.136. The number of benzene rings is 2. The number of hydrazone groups is 1. The van der Waals surface area contributed by atoms with Crippen LogP contribution in [0.2, 0.25) is 5.02 Å². The molecule has 0 unspecified atom stereocenters. The first-order valence-corrected chi connectivity index (χ1v) is 8.49. The highest BCUT2D eigenvalue weighted by Gasteiger charge is 2.25. The molecule has 5 nitrogen and oxygen atoms in total.